The Morgan fingerprint density at radius 2 is 1.19 bits per heavy atom. The Kier molecular flexibility index (Phi) is 14.4. The number of hydrogen-bond acceptors (Lipinski definition) is 0. The molecule has 0 saturated heterocycles. The molecule has 0 saturated carbocycles. The van der Waals surface area contributed by atoms with E-state index in [0.717, 1.165) is 11.3 Å². The molecule has 2 unspecified atom stereocenters. The summed E-state index contributed by atoms with van der Waals surface area (Å²) in [6.45, 7) is 11.6. The van der Waals surface area contributed by atoms with Gasteiger partial charge in [-0.3, -0.25) is 0 Å². The van der Waals surface area contributed by atoms with Gasteiger partial charge in [-0.25, -0.2) is 0 Å². The molecular weight excluding hydrogens is 605 g/mol. The first-order valence-electron chi connectivity index (χ1n) is 10.6. The van der Waals surface area contributed by atoms with Crippen LogP contribution in [0.2, 0.25) is 0 Å². The van der Waals surface area contributed by atoms with Gasteiger partial charge < -0.3 is 24.8 Å². The van der Waals surface area contributed by atoms with Crippen LogP contribution in [-0.4, -0.2) is 11.3 Å². The molecule has 0 spiro atoms. The third-order valence-electron chi connectivity index (χ3n) is 5.79. The van der Waals surface area contributed by atoms with Crippen molar-refractivity contribution in [3.63, 3.8) is 0 Å². The van der Waals surface area contributed by atoms with Crippen molar-refractivity contribution in [2.24, 2.45) is 0 Å². The van der Waals surface area contributed by atoms with Crippen LogP contribution in [0.3, 0.4) is 0 Å². The first-order valence-corrected chi connectivity index (χ1v) is 12.1. The molecule has 4 aromatic carbocycles. The van der Waals surface area contributed by atoms with E-state index in [-0.39, 0.29) is 58.6 Å². The van der Waals surface area contributed by atoms with Crippen molar-refractivity contribution in [3.05, 3.63) is 78.4 Å². The molecule has 0 amide bonds. The smallest absolute Gasteiger partial charge is 1.00 e. The third-order valence-corrected chi connectivity index (χ3v) is 9.28. The van der Waals surface area contributed by atoms with E-state index in [1.54, 1.807) is 5.30 Å². The van der Waals surface area contributed by atoms with Gasteiger partial charge in [0.15, 0.2) is 0 Å². The van der Waals surface area contributed by atoms with Crippen LogP contribution in [0.1, 0.15) is 46.1 Å². The topological polar surface area (TPSA) is 0 Å². The summed E-state index contributed by atoms with van der Waals surface area (Å²) in [5.41, 5.74) is 3.00. The Bertz CT molecular complexity index is 944. The van der Waals surface area contributed by atoms with Crippen molar-refractivity contribution in [3.8, 4) is 0 Å². The summed E-state index contributed by atoms with van der Waals surface area (Å²) in [5.74, 6) is 0. The van der Waals surface area contributed by atoms with E-state index in [0.29, 0.717) is 0 Å². The number of halogens is 2. The first kappa shape index (κ1) is 30.5. The Balaban J connectivity index is 0.000000596. The average molecular weight is 638 g/mol. The maximum Gasteiger partial charge on any atom is 4.00 e. The number of benzene rings is 2. The summed E-state index contributed by atoms with van der Waals surface area (Å²) < 4.78 is 0. The van der Waals surface area contributed by atoms with Crippen molar-refractivity contribution < 1.29 is 50.7 Å². The zero-order valence-electron chi connectivity index (χ0n) is 19.2. The monoisotopic (exact) mass is 638 g/mol. The van der Waals surface area contributed by atoms with Crippen LogP contribution >= 0.6 is 7.92 Å². The largest absolute Gasteiger partial charge is 4.00 e. The van der Waals surface area contributed by atoms with Gasteiger partial charge in [-0.2, -0.15) is 12.1 Å². The summed E-state index contributed by atoms with van der Waals surface area (Å²) in [6, 6.07) is 26.4. The van der Waals surface area contributed by atoms with E-state index >= 15 is 0 Å². The van der Waals surface area contributed by atoms with Crippen LogP contribution in [0.25, 0.3) is 21.5 Å². The number of rotatable bonds is 5. The molecule has 2 atom stereocenters. The standard InChI is InChI=1S/C17H24P.C10H9.2ClH.Hf/c1-5-13(3)18(14(4)6-2)17-11-15-9-7-8-10-16(15)12-17;1-8-6-9-4-2-3-5-10(9)7-8;;;/h7-14H,5-6H2,1-4H3;2-7H,1H3;2*1H;/q2*-1;;;+4/p-2. The summed E-state index contributed by atoms with van der Waals surface area (Å²) in [6.07, 6.45) is 2.58. The minimum Gasteiger partial charge on any atom is -1.00 e. The molecule has 0 aliphatic rings. The Morgan fingerprint density at radius 1 is 0.742 bits per heavy atom. The predicted molar refractivity (Wildman–Crippen MR) is 130 cm³/mol. The molecule has 0 aliphatic heterocycles. The quantitative estimate of drug-likeness (QED) is 0.179. The average Bonchev–Trinajstić information content (AvgIpc) is 3.30. The summed E-state index contributed by atoms with van der Waals surface area (Å²) in [4.78, 5) is 0. The zero-order valence-corrected chi connectivity index (χ0v) is 25.2. The summed E-state index contributed by atoms with van der Waals surface area (Å²) in [7, 11) is -0.0252. The SMILES string of the molecule is CCC(C)P(c1cc2ccccc2[cH-]1)C(C)CC.Cc1cc2ccccc2[cH-]1.[Cl-].[Cl-].[Hf+4]. The maximum absolute atomic E-state index is 2.43. The van der Waals surface area contributed by atoms with Gasteiger partial charge >= 0.3 is 25.8 Å². The van der Waals surface area contributed by atoms with Crippen LogP contribution in [0.15, 0.2) is 72.8 Å². The van der Waals surface area contributed by atoms with Gasteiger partial charge in [0.2, 0.25) is 0 Å². The molecule has 0 aromatic heterocycles. The molecule has 0 aliphatic carbocycles. The fourth-order valence-electron chi connectivity index (χ4n) is 3.93. The van der Waals surface area contributed by atoms with E-state index in [2.05, 4.69) is 107 Å². The second-order valence-electron chi connectivity index (χ2n) is 7.93. The molecule has 0 bridgehead atoms. The number of aryl methyl sites for hydroxylation is 1. The van der Waals surface area contributed by atoms with Gasteiger partial charge in [-0.05, 0) is 24.2 Å². The van der Waals surface area contributed by atoms with Gasteiger partial charge in [0, 0.05) is 0 Å². The number of hydrogen-bond donors (Lipinski definition) is 0. The van der Waals surface area contributed by atoms with Gasteiger partial charge in [-0.1, -0.05) is 54.7 Å². The van der Waals surface area contributed by atoms with Crippen LogP contribution < -0.4 is 30.1 Å². The van der Waals surface area contributed by atoms with E-state index < -0.39 is 0 Å². The van der Waals surface area contributed by atoms with Gasteiger partial charge in [0.05, 0.1) is 0 Å². The van der Waals surface area contributed by atoms with Crippen molar-refractivity contribution in [2.75, 3.05) is 0 Å². The number of fused-ring (bicyclic) bond motifs is 2. The molecule has 4 heteroatoms. The normalized spacial score (nSPS) is 13.1. The van der Waals surface area contributed by atoms with Crippen LogP contribution in [0.4, 0.5) is 0 Å². The Morgan fingerprint density at radius 3 is 1.65 bits per heavy atom. The third kappa shape index (κ3) is 7.82. The minimum absolute atomic E-state index is 0. The molecule has 0 radical (unpaired) electrons. The fraction of sp³-hybridized carbons (Fsp3) is 0.333. The predicted octanol–water partition coefficient (Wildman–Crippen LogP) is 2.14. The molecular formula is C27H33Cl2HfP. The molecule has 164 valence electrons. The summed E-state index contributed by atoms with van der Waals surface area (Å²) >= 11 is 0. The summed E-state index contributed by atoms with van der Waals surface area (Å²) in [5, 5.41) is 7.12. The molecule has 0 nitrogen and oxygen atoms in total. The van der Waals surface area contributed by atoms with Gasteiger partial charge in [-0.15, -0.1) is 80.9 Å². The van der Waals surface area contributed by atoms with Gasteiger partial charge in [0.25, 0.3) is 0 Å². The molecule has 0 fully saturated rings. The second kappa shape index (κ2) is 14.6. The molecule has 4 rings (SSSR count). The van der Waals surface area contributed by atoms with E-state index in [1.165, 1.54) is 39.9 Å². The molecule has 4 aromatic rings. The Labute approximate surface area is 221 Å². The molecule has 31 heavy (non-hydrogen) atoms. The maximum atomic E-state index is 2.43. The van der Waals surface area contributed by atoms with Crippen molar-refractivity contribution in [2.45, 2.75) is 58.8 Å². The van der Waals surface area contributed by atoms with E-state index in [9.17, 15) is 0 Å². The molecule has 0 N–H and O–H groups in total. The van der Waals surface area contributed by atoms with E-state index in [4.69, 9.17) is 0 Å². The first-order chi connectivity index (χ1) is 13.5. The Hall–Kier alpha value is -0.460. The van der Waals surface area contributed by atoms with Crippen LogP contribution in [0.5, 0.6) is 0 Å². The van der Waals surface area contributed by atoms with Crippen LogP contribution in [0, 0.1) is 6.92 Å². The fourth-order valence-corrected chi connectivity index (χ4v) is 7.18. The van der Waals surface area contributed by atoms with Crippen molar-refractivity contribution >= 4 is 34.8 Å². The molecule has 0 heterocycles. The van der Waals surface area contributed by atoms with E-state index in [1.807, 2.05) is 0 Å². The van der Waals surface area contributed by atoms with Crippen molar-refractivity contribution in [1.29, 1.82) is 0 Å². The zero-order chi connectivity index (χ0) is 20.1. The van der Waals surface area contributed by atoms with Crippen LogP contribution in [-0.2, 0) is 25.8 Å². The van der Waals surface area contributed by atoms with Gasteiger partial charge in [0.1, 0.15) is 0 Å². The van der Waals surface area contributed by atoms with Crippen molar-refractivity contribution in [1.82, 2.24) is 0 Å². The minimum atomic E-state index is -0.0252. The second-order valence-corrected chi connectivity index (χ2v) is 11.0.